The van der Waals surface area contributed by atoms with Gasteiger partial charge in [0.1, 0.15) is 5.75 Å². The Morgan fingerprint density at radius 2 is 1.60 bits per heavy atom. The number of carbonyl (C=O) groups excluding carboxylic acids is 1. The minimum atomic E-state index is -0.154. The highest BCUT2D eigenvalue weighted by molar-refractivity contribution is 8.18. The van der Waals surface area contributed by atoms with Crippen molar-refractivity contribution >= 4 is 34.6 Å². The molecule has 0 N–H and O–H groups in total. The Hall–Kier alpha value is -2.73. The molecule has 0 aliphatic carbocycles. The first-order chi connectivity index (χ1) is 14.5. The molecule has 1 amide bonds. The fraction of sp³-hybridized carbons (Fsp3) is 0.333. The van der Waals surface area contributed by atoms with Crippen LogP contribution >= 0.6 is 11.8 Å². The molecule has 156 valence electrons. The summed E-state index contributed by atoms with van der Waals surface area (Å²) in [5.41, 5.74) is 3.50. The van der Waals surface area contributed by atoms with Crippen LogP contribution in [0.25, 0.3) is 6.08 Å². The van der Waals surface area contributed by atoms with Crippen molar-refractivity contribution in [3.63, 3.8) is 0 Å². The molecule has 5 nitrogen and oxygen atoms in total. The molecule has 2 aliphatic heterocycles. The Labute approximate surface area is 182 Å². The van der Waals surface area contributed by atoms with E-state index >= 15 is 0 Å². The third kappa shape index (κ3) is 4.87. The lowest BCUT2D eigenvalue weighted by atomic mass is 10.2. The molecule has 0 spiro atoms. The molecular weight excluding hydrogens is 394 g/mol. The summed E-state index contributed by atoms with van der Waals surface area (Å²) in [6, 6.07) is 16.5. The minimum absolute atomic E-state index is 0.142. The van der Waals surface area contributed by atoms with Crippen molar-refractivity contribution in [3.05, 3.63) is 64.6 Å². The standard InChI is InChI=1S/C24H27N3O2S/c1-17(2)29-21-10-6-19(7-11-21)16-22-23(28)25-24(30-22)27-14-12-26(13-15-27)20-8-4-18(3)5-9-20/h4-11,16-17H,12-15H2,1-3H3/b22-16-. The van der Waals surface area contributed by atoms with Crippen LogP contribution in [0, 0.1) is 6.92 Å². The van der Waals surface area contributed by atoms with Gasteiger partial charge in [0.05, 0.1) is 11.0 Å². The Morgan fingerprint density at radius 1 is 0.967 bits per heavy atom. The molecule has 0 atom stereocenters. The first-order valence-electron chi connectivity index (χ1n) is 10.3. The number of hydrogen-bond acceptors (Lipinski definition) is 5. The lowest BCUT2D eigenvalue weighted by Crippen LogP contribution is -2.47. The number of anilines is 1. The number of amides is 1. The fourth-order valence-electron chi connectivity index (χ4n) is 3.51. The van der Waals surface area contributed by atoms with Gasteiger partial charge in [0.25, 0.3) is 5.91 Å². The third-order valence-electron chi connectivity index (χ3n) is 5.11. The second kappa shape index (κ2) is 8.96. The molecule has 2 aromatic rings. The summed E-state index contributed by atoms with van der Waals surface area (Å²) < 4.78 is 5.68. The van der Waals surface area contributed by atoms with Crippen LogP contribution in [0.4, 0.5) is 5.69 Å². The number of aryl methyl sites for hydroxylation is 1. The van der Waals surface area contributed by atoms with Crippen molar-refractivity contribution in [1.29, 1.82) is 0 Å². The zero-order valence-electron chi connectivity index (χ0n) is 17.7. The van der Waals surface area contributed by atoms with E-state index in [-0.39, 0.29) is 12.0 Å². The highest BCUT2D eigenvalue weighted by Crippen LogP contribution is 2.31. The second-order valence-corrected chi connectivity index (χ2v) is 8.86. The van der Waals surface area contributed by atoms with E-state index < -0.39 is 0 Å². The summed E-state index contributed by atoms with van der Waals surface area (Å²) in [4.78, 5) is 22.0. The predicted octanol–water partition coefficient (Wildman–Crippen LogP) is 4.57. The van der Waals surface area contributed by atoms with Crippen LogP contribution in [-0.2, 0) is 4.79 Å². The SMILES string of the molecule is Cc1ccc(N2CCN(C3=NC(=O)/C(=C/c4ccc(OC(C)C)cc4)S3)CC2)cc1. The molecule has 0 aromatic heterocycles. The lowest BCUT2D eigenvalue weighted by Gasteiger charge is -2.36. The smallest absolute Gasteiger partial charge is 0.286 e. The van der Waals surface area contributed by atoms with Gasteiger partial charge in [-0.25, -0.2) is 0 Å². The number of thioether (sulfide) groups is 1. The van der Waals surface area contributed by atoms with Gasteiger partial charge >= 0.3 is 0 Å². The molecule has 1 fully saturated rings. The molecule has 0 bridgehead atoms. The Morgan fingerprint density at radius 3 is 2.23 bits per heavy atom. The van der Waals surface area contributed by atoms with E-state index in [0.717, 1.165) is 42.7 Å². The summed E-state index contributed by atoms with van der Waals surface area (Å²) in [6.45, 7) is 9.68. The maximum Gasteiger partial charge on any atom is 0.286 e. The molecule has 0 unspecified atom stereocenters. The van der Waals surface area contributed by atoms with Gasteiger partial charge in [0.15, 0.2) is 5.17 Å². The number of benzene rings is 2. The average molecular weight is 422 g/mol. The maximum absolute atomic E-state index is 12.4. The van der Waals surface area contributed by atoms with Crippen LogP contribution in [0.3, 0.4) is 0 Å². The molecule has 2 aliphatic rings. The van der Waals surface area contributed by atoms with E-state index in [2.05, 4.69) is 46.0 Å². The van der Waals surface area contributed by atoms with Gasteiger partial charge in [-0.2, -0.15) is 4.99 Å². The normalized spacial score (nSPS) is 18.3. The number of amidine groups is 1. The number of ether oxygens (including phenoxy) is 1. The van der Waals surface area contributed by atoms with Crippen LogP contribution < -0.4 is 9.64 Å². The monoisotopic (exact) mass is 421 g/mol. The van der Waals surface area contributed by atoms with Crippen molar-refractivity contribution < 1.29 is 9.53 Å². The van der Waals surface area contributed by atoms with Crippen LogP contribution in [0.1, 0.15) is 25.0 Å². The average Bonchev–Trinajstić information content (AvgIpc) is 3.10. The van der Waals surface area contributed by atoms with E-state index in [1.54, 1.807) is 0 Å². The highest BCUT2D eigenvalue weighted by Gasteiger charge is 2.28. The molecule has 1 saturated heterocycles. The van der Waals surface area contributed by atoms with Crippen molar-refractivity contribution in [1.82, 2.24) is 4.90 Å². The first-order valence-corrected chi connectivity index (χ1v) is 11.2. The number of carbonyl (C=O) groups is 1. The summed E-state index contributed by atoms with van der Waals surface area (Å²) >= 11 is 1.47. The van der Waals surface area contributed by atoms with Crippen molar-refractivity contribution in [3.8, 4) is 5.75 Å². The predicted molar refractivity (Wildman–Crippen MR) is 125 cm³/mol. The third-order valence-corrected chi connectivity index (χ3v) is 6.15. The largest absolute Gasteiger partial charge is 0.491 e. The van der Waals surface area contributed by atoms with Crippen LogP contribution in [0.2, 0.25) is 0 Å². The lowest BCUT2D eigenvalue weighted by molar-refractivity contribution is -0.113. The van der Waals surface area contributed by atoms with E-state index in [1.165, 1.54) is 23.0 Å². The van der Waals surface area contributed by atoms with Crippen molar-refractivity contribution in [2.24, 2.45) is 4.99 Å². The summed E-state index contributed by atoms with van der Waals surface area (Å²) in [6.07, 6.45) is 2.05. The van der Waals surface area contributed by atoms with Crippen LogP contribution in [0.5, 0.6) is 5.75 Å². The van der Waals surface area contributed by atoms with Gasteiger partial charge in [0.2, 0.25) is 0 Å². The Balaban J connectivity index is 1.36. The summed E-state index contributed by atoms with van der Waals surface area (Å²) in [7, 11) is 0. The van der Waals surface area contributed by atoms with Crippen LogP contribution in [0.15, 0.2) is 58.4 Å². The number of rotatable bonds is 4. The molecule has 0 saturated carbocycles. The van der Waals surface area contributed by atoms with E-state index in [1.807, 2.05) is 44.2 Å². The fourth-order valence-corrected chi connectivity index (χ4v) is 4.48. The first kappa shape index (κ1) is 20.5. The Kier molecular flexibility index (Phi) is 6.13. The van der Waals surface area contributed by atoms with Gasteiger partial charge in [-0.15, -0.1) is 0 Å². The maximum atomic E-state index is 12.4. The molecular formula is C24H27N3O2S. The second-order valence-electron chi connectivity index (χ2n) is 7.86. The number of nitrogens with zero attached hydrogens (tertiary/aromatic N) is 3. The van der Waals surface area contributed by atoms with Gasteiger partial charge in [-0.3, -0.25) is 4.79 Å². The van der Waals surface area contributed by atoms with E-state index in [9.17, 15) is 4.79 Å². The molecule has 0 radical (unpaired) electrons. The molecule has 6 heteroatoms. The Bertz CT molecular complexity index is 957. The number of hydrogen-bond donors (Lipinski definition) is 0. The zero-order valence-corrected chi connectivity index (χ0v) is 18.5. The topological polar surface area (TPSA) is 45.1 Å². The molecule has 4 rings (SSSR count). The minimum Gasteiger partial charge on any atom is -0.491 e. The summed E-state index contributed by atoms with van der Waals surface area (Å²) in [5, 5.41) is 0.814. The number of aliphatic imine (C=N–C) groups is 1. The van der Waals surface area contributed by atoms with Gasteiger partial charge in [-0.1, -0.05) is 29.8 Å². The summed E-state index contributed by atoms with van der Waals surface area (Å²) in [5.74, 6) is 0.680. The quantitative estimate of drug-likeness (QED) is 0.677. The van der Waals surface area contributed by atoms with Crippen LogP contribution in [-0.4, -0.2) is 48.3 Å². The van der Waals surface area contributed by atoms with Gasteiger partial charge in [0, 0.05) is 31.9 Å². The van der Waals surface area contributed by atoms with Crippen molar-refractivity contribution in [2.75, 3.05) is 31.1 Å². The molecule has 30 heavy (non-hydrogen) atoms. The van der Waals surface area contributed by atoms with Gasteiger partial charge < -0.3 is 14.5 Å². The van der Waals surface area contributed by atoms with Gasteiger partial charge in [-0.05, 0) is 68.4 Å². The van der Waals surface area contributed by atoms with Crippen molar-refractivity contribution in [2.45, 2.75) is 26.9 Å². The molecule has 2 aromatic carbocycles. The highest BCUT2D eigenvalue weighted by atomic mass is 32.2. The molecule has 2 heterocycles. The van der Waals surface area contributed by atoms with E-state index in [4.69, 9.17) is 4.74 Å². The van der Waals surface area contributed by atoms with E-state index in [0.29, 0.717) is 4.91 Å². The zero-order chi connectivity index (χ0) is 21.1. The number of piperazine rings is 1.